The number of hydrogen-bond acceptors (Lipinski definition) is 3. The predicted octanol–water partition coefficient (Wildman–Crippen LogP) is 7.28. The lowest BCUT2D eigenvalue weighted by Crippen LogP contribution is -2.28. The van der Waals surface area contributed by atoms with Crippen molar-refractivity contribution in [3.05, 3.63) is 84.6 Å². The molecule has 0 radical (unpaired) electrons. The van der Waals surface area contributed by atoms with Crippen molar-refractivity contribution in [3.8, 4) is 11.4 Å². The maximum Gasteiger partial charge on any atom is 0.336 e. The van der Waals surface area contributed by atoms with Gasteiger partial charge in [0.1, 0.15) is 22.3 Å². The molecule has 0 bridgehead atoms. The van der Waals surface area contributed by atoms with Crippen LogP contribution in [-0.4, -0.2) is 4.40 Å². The largest absolute Gasteiger partial charge is 0.456 e. The maximum atomic E-state index is 6.61. The number of oxazole rings is 1. The van der Waals surface area contributed by atoms with E-state index in [-0.39, 0.29) is 0 Å². The zero-order chi connectivity index (χ0) is 22.6. The zero-order valence-electron chi connectivity index (χ0n) is 18.6. The number of hydrogen-bond donors (Lipinski definition) is 0. The minimum atomic E-state index is 0.801. The Bertz CT molecular complexity index is 2100. The van der Waals surface area contributed by atoms with Gasteiger partial charge in [-0.25, -0.2) is 4.57 Å². The lowest BCUT2D eigenvalue weighted by atomic mass is 10.0. The third-order valence-electron chi connectivity index (χ3n) is 6.96. The Kier molecular flexibility index (Phi) is 3.22. The molecule has 0 aliphatic heterocycles. The molecule has 8 rings (SSSR count). The summed E-state index contributed by atoms with van der Waals surface area (Å²) in [7, 11) is 2.05. The van der Waals surface area contributed by atoms with Crippen molar-refractivity contribution in [1.82, 2.24) is 4.40 Å². The van der Waals surface area contributed by atoms with Crippen LogP contribution in [0, 0.1) is 6.92 Å². The number of furan rings is 2. The first-order valence-electron chi connectivity index (χ1n) is 11.3. The van der Waals surface area contributed by atoms with Crippen LogP contribution in [0.25, 0.3) is 72.1 Å². The highest BCUT2D eigenvalue weighted by Crippen LogP contribution is 2.41. The van der Waals surface area contributed by atoms with Crippen LogP contribution in [0.2, 0.25) is 0 Å². The molecule has 0 spiro atoms. The van der Waals surface area contributed by atoms with Crippen LogP contribution in [0.1, 0.15) is 5.56 Å². The van der Waals surface area contributed by atoms with E-state index < -0.39 is 0 Å². The highest BCUT2D eigenvalue weighted by Gasteiger charge is 2.29. The van der Waals surface area contributed by atoms with Gasteiger partial charge in [0, 0.05) is 21.5 Å². The monoisotopic (exact) mass is 443 g/mol. The molecule has 0 saturated carbocycles. The van der Waals surface area contributed by atoms with Gasteiger partial charge in [0.15, 0.2) is 22.9 Å². The van der Waals surface area contributed by atoms with Gasteiger partial charge in [0.05, 0.1) is 7.05 Å². The number of benzene rings is 4. The minimum Gasteiger partial charge on any atom is -0.456 e. The van der Waals surface area contributed by atoms with Crippen LogP contribution in [0.5, 0.6) is 0 Å². The standard InChI is InChI=1S/C29H19N2O3/c1-16-11-12-18-20-14-24-19(17-7-3-5-9-22(17)32-24)13-25(20)34-28(18)27(16)29-30(2)15-26-31(29)21-8-4-6-10-23(21)33-26/h3-15H,1-2H3/q+1. The van der Waals surface area contributed by atoms with Gasteiger partial charge in [-0.1, -0.05) is 42.5 Å². The second-order valence-corrected chi connectivity index (χ2v) is 8.99. The summed E-state index contributed by atoms with van der Waals surface area (Å²) in [5.74, 6) is 1.02. The number of rotatable bonds is 1. The van der Waals surface area contributed by atoms with Crippen molar-refractivity contribution < 1.29 is 17.8 Å². The molecule has 0 atom stereocenters. The van der Waals surface area contributed by atoms with Crippen LogP contribution in [0.3, 0.4) is 0 Å². The number of para-hydroxylation sites is 3. The Labute approximate surface area is 193 Å². The Morgan fingerprint density at radius 2 is 1.41 bits per heavy atom. The van der Waals surface area contributed by atoms with Gasteiger partial charge in [0.25, 0.3) is 0 Å². The van der Waals surface area contributed by atoms with Gasteiger partial charge in [-0.2, -0.15) is 4.40 Å². The molecule has 0 aliphatic carbocycles. The van der Waals surface area contributed by atoms with E-state index in [1.165, 1.54) is 0 Å². The first-order valence-corrected chi connectivity index (χ1v) is 11.3. The molecule has 5 heteroatoms. The molecule has 0 unspecified atom stereocenters. The van der Waals surface area contributed by atoms with Crippen LogP contribution in [-0.2, 0) is 7.05 Å². The van der Waals surface area contributed by atoms with E-state index in [1.54, 1.807) is 0 Å². The lowest BCUT2D eigenvalue weighted by molar-refractivity contribution is -0.658. The van der Waals surface area contributed by atoms with Gasteiger partial charge < -0.3 is 13.3 Å². The van der Waals surface area contributed by atoms with Gasteiger partial charge in [-0.05, 0) is 42.8 Å². The fourth-order valence-electron chi connectivity index (χ4n) is 5.41. The van der Waals surface area contributed by atoms with Crippen LogP contribution >= 0.6 is 0 Å². The summed E-state index contributed by atoms with van der Waals surface area (Å²) in [6.45, 7) is 2.13. The normalized spacial score (nSPS) is 12.4. The highest BCUT2D eigenvalue weighted by molar-refractivity contribution is 6.16. The topological polar surface area (TPSA) is 47.7 Å². The average molecular weight is 443 g/mol. The summed E-state index contributed by atoms with van der Waals surface area (Å²) in [6, 6.07) is 24.8. The predicted molar refractivity (Wildman–Crippen MR) is 133 cm³/mol. The zero-order valence-corrected chi connectivity index (χ0v) is 18.6. The summed E-state index contributed by atoms with van der Waals surface area (Å²) in [5, 5.41) is 4.29. The maximum absolute atomic E-state index is 6.61. The molecular formula is C29H19N2O3+. The van der Waals surface area contributed by atoms with Crippen molar-refractivity contribution in [2.24, 2.45) is 7.05 Å². The molecule has 0 amide bonds. The van der Waals surface area contributed by atoms with E-state index in [9.17, 15) is 0 Å². The van der Waals surface area contributed by atoms with E-state index in [0.717, 1.165) is 77.6 Å². The van der Waals surface area contributed by atoms with E-state index in [0.29, 0.717) is 0 Å². The molecule has 4 heterocycles. The number of imidazole rings is 1. The minimum absolute atomic E-state index is 0.801. The molecule has 0 saturated heterocycles. The summed E-state index contributed by atoms with van der Waals surface area (Å²) in [4.78, 5) is 0. The van der Waals surface area contributed by atoms with Gasteiger partial charge in [0.2, 0.25) is 0 Å². The SMILES string of the molecule is Cc1ccc2c(oc3cc4c(cc32)oc2ccccc24)c1-c1n2c(c[n+]1C)oc1ccccc12. The molecule has 8 aromatic rings. The summed E-state index contributed by atoms with van der Waals surface area (Å²) < 4.78 is 23.2. The third kappa shape index (κ3) is 2.16. The smallest absolute Gasteiger partial charge is 0.336 e. The molecule has 162 valence electrons. The van der Waals surface area contributed by atoms with Crippen molar-refractivity contribution in [3.63, 3.8) is 0 Å². The first kappa shape index (κ1) is 18.0. The van der Waals surface area contributed by atoms with Crippen molar-refractivity contribution >= 4 is 60.7 Å². The van der Waals surface area contributed by atoms with Crippen LogP contribution in [0.4, 0.5) is 0 Å². The fraction of sp³-hybridized carbons (Fsp3) is 0.0690. The van der Waals surface area contributed by atoms with Crippen LogP contribution < -0.4 is 4.57 Å². The molecule has 34 heavy (non-hydrogen) atoms. The molecule has 0 aliphatic rings. The second kappa shape index (κ2) is 6.08. The van der Waals surface area contributed by atoms with Crippen molar-refractivity contribution in [2.45, 2.75) is 6.92 Å². The van der Waals surface area contributed by atoms with Crippen molar-refractivity contribution in [2.75, 3.05) is 0 Å². The Hall–Kier alpha value is -4.51. The van der Waals surface area contributed by atoms with Gasteiger partial charge >= 0.3 is 11.5 Å². The second-order valence-electron chi connectivity index (χ2n) is 8.99. The number of fused-ring (bicyclic) bond motifs is 9. The highest BCUT2D eigenvalue weighted by atomic mass is 16.3. The lowest BCUT2D eigenvalue weighted by Gasteiger charge is -2.03. The molecular weight excluding hydrogens is 424 g/mol. The molecule has 5 nitrogen and oxygen atoms in total. The van der Waals surface area contributed by atoms with E-state index >= 15 is 0 Å². The van der Waals surface area contributed by atoms with E-state index in [4.69, 9.17) is 13.3 Å². The van der Waals surface area contributed by atoms with Gasteiger partial charge in [-0.3, -0.25) is 0 Å². The summed E-state index contributed by atoms with van der Waals surface area (Å²) in [5.41, 5.74) is 8.38. The summed E-state index contributed by atoms with van der Waals surface area (Å²) in [6.07, 6.45) is 2.02. The first-order chi connectivity index (χ1) is 16.7. The Balaban J connectivity index is 1.51. The Morgan fingerprint density at radius 1 is 0.676 bits per heavy atom. The fourth-order valence-corrected chi connectivity index (χ4v) is 5.41. The quantitative estimate of drug-likeness (QED) is 0.250. The Morgan fingerprint density at radius 3 is 2.29 bits per heavy atom. The third-order valence-corrected chi connectivity index (χ3v) is 6.96. The average Bonchev–Trinajstić information content (AvgIpc) is 3.56. The molecule has 4 aromatic carbocycles. The van der Waals surface area contributed by atoms with E-state index in [2.05, 4.69) is 52.3 Å². The summed E-state index contributed by atoms with van der Waals surface area (Å²) >= 11 is 0. The van der Waals surface area contributed by atoms with Crippen molar-refractivity contribution in [1.29, 1.82) is 0 Å². The molecule has 0 N–H and O–H groups in total. The number of aryl methyl sites for hydroxylation is 2. The number of aromatic nitrogens is 2. The van der Waals surface area contributed by atoms with Crippen LogP contribution in [0.15, 0.2) is 92.2 Å². The number of nitrogens with zero attached hydrogens (tertiary/aromatic N) is 2. The molecule has 0 fully saturated rings. The van der Waals surface area contributed by atoms with Gasteiger partial charge in [-0.15, -0.1) is 0 Å². The molecule has 4 aromatic heterocycles. The van der Waals surface area contributed by atoms with E-state index in [1.807, 2.05) is 49.6 Å².